The van der Waals surface area contributed by atoms with E-state index in [4.69, 9.17) is 4.74 Å². The Morgan fingerprint density at radius 1 is 1.12 bits per heavy atom. The number of allylic oxidation sites excluding steroid dienone is 2. The van der Waals surface area contributed by atoms with Gasteiger partial charge in [0.15, 0.2) is 0 Å². The van der Waals surface area contributed by atoms with E-state index in [0.717, 1.165) is 64.5 Å². The van der Waals surface area contributed by atoms with Crippen molar-refractivity contribution < 1.29 is 4.74 Å². The Kier molecular flexibility index (Phi) is 6.62. The summed E-state index contributed by atoms with van der Waals surface area (Å²) in [7, 11) is 0. The molecule has 0 saturated carbocycles. The Morgan fingerprint density at radius 2 is 1.88 bits per heavy atom. The van der Waals surface area contributed by atoms with E-state index in [2.05, 4.69) is 70.7 Å². The molecule has 3 heterocycles. The second kappa shape index (κ2) is 9.27. The van der Waals surface area contributed by atoms with Gasteiger partial charge in [0.2, 0.25) is 0 Å². The van der Waals surface area contributed by atoms with Crippen LogP contribution in [0.5, 0.6) is 0 Å². The summed E-state index contributed by atoms with van der Waals surface area (Å²) >= 11 is 0. The molecule has 4 rings (SSSR count). The van der Waals surface area contributed by atoms with Crippen molar-refractivity contribution in [3.05, 3.63) is 59.9 Å². The van der Waals surface area contributed by atoms with Gasteiger partial charge in [0.1, 0.15) is 11.4 Å². The Labute approximate surface area is 192 Å². The first kappa shape index (κ1) is 22.8. The molecule has 2 unspecified atom stereocenters. The fourth-order valence-electron chi connectivity index (χ4n) is 5.33. The highest BCUT2D eigenvalue weighted by Gasteiger charge is 2.45. The molecule has 1 aromatic rings. The van der Waals surface area contributed by atoms with E-state index in [1.54, 1.807) is 0 Å². The zero-order valence-electron chi connectivity index (χ0n) is 19.7. The highest BCUT2D eigenvalue weighted by molar-refractivity contribution is 5.30. The van der Waals surface area contributed by atoms with E-state index in [0.29, 0.717) is 0 Å². The van der Waals surface area contributed by atoms with Crippen molar-refractivity contribution in [2.45, 2.75) is 56.8 Å². The number of ether oxygens (including phenoxy) is 1. The molecular formula is C26H37N5O. The summed E-state index contributed by atoms with van der Waals surface area (Å²) in [4.78, 5) is 5.25. The van der Waals surface area contributed by atoms with Gasteiger partial charge in [-0.1, -0.05) is 36.4 Å². The van der Waals surface area contributed by atoms with Crippen LogP contribution >= 0.6 is 0 Å². The van der Waals surface area contributed by atoms with Crippen LogP contribution in [0.4, 0.5) is 0 Å². The Bertz CT molecular complexity index is 881. The lowest BCUT2D eigenvalue weighted by Crippen LogP contribution is -2.65. The van der Waals surface area contributed by atoms with E-state index in [-0.39, 0.29) is 11.1 Å². The van der Waals surface area contributed by atoms with E-state index < -0.39 is 5.54 Å². The molecule has 2 saturated heterocycles. The average Bonchev–Trinajstić information content (AvgIpc) is 2.78. The van der Waals surface area contributed by atoms with Crippen molar-refractivity contribution >= 4 is 0 Å². The van der Waals surface area contributed by atoms with Crippen LogP contribution in [-0.2, 0) is 11.3 Å². The van der Waals surface area contributed by atoms with Crippen LogP contribution in [0.25, 0.3) is 0 Å². The summed E-state index contributed by atoms with van der Waals surface area (Å²) in [5, 5.41) is 16.5. The van der Waals surface area contributed by atoms with Gasteiger partial charge in [0.05, 0.1) is 11.7 Å². The summed E-state index contributed by atoms with van der Waals surface area (Å²) in [5.41, 5.74) is 0.611. The molecule has 6 nitrogen and oxygen atoms in total. The summed E-state index contributed by atoms with van der Waals surface area (Å²) < 4.78 is 6.10. The predicted molar refractivity (Wildman–Crippen MR) is 128 cm³/mol. The minimum Gasteiger partial charge on any atom is -0.375 e. The lowest BCUT2D eigenvalue weighted by Gasteiger charge is -2.53. The minimum atomic E-state index is -0.664. The Balaban J connectivity index is 1.42. The van der Waals surface area contributed by atoms with Crippen LogP contribution in [-0.4, -0.2) is 65.8 Å². The van der Waals surface area contributed by atoms with Crippen LogP contribution in [0.1, 0.15) is 39.2 Å². The topological polar surface area (TPSA) is 63.6 Å². The Hall–Kier alpha value is -2.33. The lowest BCUT2D eigenvalue weighted by molar-refractivity contribution is -0.126. The number of rotatable bonds is 6. The van der Waals surface area contributed by atoms with Gasteiger partial charge in [0.25, 0.3) is 0 Å². The smallest absolute Gasteiger partial charge is 0.142 e. The highest BCUT2D eigenvalue weighted by atomic mass is 16.5. The van der Waals surface area contributed by atoms with Crippen molar-refractivity contribution in [2.75, 3.05) is 39.3 Å². The van der Waals surface area contributed by atoms with E-state index in [1.807, 2.05) is 25.2 Å². The second-order valence-corrected chi connectivity index (χ2v) is 10.2. The van der Waals surface area contributed by atoms with Crippen molar-refractivity contribution in [1.29, 1.82) is 5.26 Å². The Morgan fingerprint density at radius 3 is 2.56 bits per heavy atom. The second-order valence-electron chi connectivity index (χ2n) is 10.2. The van der Waals surface area contributed by atoms with Crippen LogP contribution in [0.15, 0.2) is 54.4 Å². The number of piperazine rings is 1. The number of nitrogens with zero attached hydrogens (tertiary/aromatic N) is 3. The molecule has 2 atom stereocenters. The molecule has 2 N–H and O–H groups in total. The number of dihydropyridines is 1. The zero-order valence-corrected chi connectivity index (χ0v) is 19.7. The zero-order chi connectivity index (χ0) is 22.7. The van der Waals surface area contributed by atoms with Crippen molar-refractivity contribution in [3.8, 4) is 6.07 Å². The van der Waals surface area contributed by atoms with Crippen LogP contribution < -0.4 is 10.6 Å². The van der Waals surface area contributed by atoms with Gasteiger partial charge in [-0.25, -0.2) is 0 Å². The highest BCUT2D eigenvalue weighted by Crippen LogP contribution is 2.37. The first-order valence-electron chi connectivity index (χ1n) is 11.8. The van der Waals surface area contributed by atoms with Crippen molar-refractivity contribution in [2.24, 2.45) is 0 Å². The maximum Gasteiger partial charge on any atom is 0.142 e. The fraction of sp³-hybridized carbons (Fsp3) is 0.577. The molecule has 6 heteroatoms. The van der Waals surface area contributed by atoms with Crippen LogP contribution in [0, 0.1) is 11.3 Å². The largest absolute Gasteiger partial charge is 0.375 e. The molecule has 32 heavy (non-hydrogen) atoms. The van der Waals surface area contributed by atoms with E-state index in [9.17, 15) is 5.26 Å². The average molecular weight is 436 g/mol. The molecule has 3 aliphatic heterocycles. The quantitative estimate of drug-likeness (QED) is 0.716. The van der Waals surface area contributed by atoms with Crippen LogP contribution in [0.3, 0.4) is 0 Å². The maximum atomic E-state index is 9.49. The van der Waals surface area contributed by atoms with Crippen molar-refractivity contribution in [1.82, 2.24) is 20.4 Å². The molecule has 0 radical (unpaired) electrons. The molecule has 0 aromatic heterocycles. The number of hydrogen-bond donors (Lipinski definition) is 2. The van der Waals surface area contributed by atoms with Gasteiger partial charge in [0, 0.05) is 51.4 Å². The van der Waals surface area contributed by atoms with Gasteiger partial charge < -0.3 is 15.4 Å². The molecular weight excluding hydrogens is 398 g/mol. The monoisotopic (exact) mass is 435 g/mol. The number of nitriles is 1. The normalized spacial score (nSPS) is 30.8. The number of nitrogens with one attached hydrogen (secondary N) is 2. The molecule has 2 fully saturated rings. The fourth-order valence-corrected chi connectivity index (χ4v) is 5.33. The first-order chi connectivity index (χ1) is 15.3. The molecule has 172 valence electrons. The molecule has 0 spiro atoms. The van der Waals surface area contributed by atoms with Gasteiger partial charge in [-0.05, 0) is 51.3 Å². The van der Waals surface area contributed by atoms with Crippen LogP contribution in [0.2, 0.25) is 0 Å². The van der Waals surface area contributed by atoms with Gasteiger partial charge in [-0.2, -0.15) is 5.26 Å². The third kappa shape index (κ3) is 5.35. The van der Waals surface area contributed by atoms with Gasteiger partial charge >= 0.3 is 0 Å². The molecule has 1 aromatic carbocycles. The third-order valence-electron chi connectivity index (χ3n) is 7.03. The summed E-state index contributed by atoms with van der Waals surface area (Å²) in [6, 6.07) is 13.1. The minimum absolute atomic E-state index is 0.0350. The standard InChI is InChI=1S/C26H37N5O/c1-24(2)19-26(12-17-32-24,21-28-23-10-7-11-25(3,20-27)29-23)31-15-13-30(14-16-31)18-22-8-5-4-6-9-22/h4-11,28-29H,12-19,21H2,1-3H3. The van der Waals surface area contributed by atoms with E-state index in [1.165, 1.54) is 5.56 Å². The summed E-state index contributed by atoms with van der Waals surface area (Å²) in [5.74, 6) is 0.919. The first-order valence-corrected chi connectivity index (χ1v) is 11.8. The molecule has 0 aliphatic carbocycles. The lowest BCUT2D eigenvalue weighted by atomic mass is 9.79. The summed E-state index contributed by atoms with van der Waals surface area (Å²) in [6.07, 6.45) is 7.89. The van der Waals surface area contributed by atoms with Gasteiger partial charge in [-0.15, -0.1) is 0 Å². The third-order valence-corrected chi connectivity index (χ3v) is 7.03. The van der Waals surface area contributed by atoms with Crippen molar-refractivity contribution in [3.63, 3.8) is 0 Å². The summed E-state index contributed by atoms with van der Waals surface area (Å²) in [6.45, 7) is 13.2. The molecule has 0 bridgehead atoms. The van der Waals surface area contributed by atoms with Gasteiger partial charge in [-0.3, -0.25) is 9.80 Å². The van der Waals surface area contributed by atoms with E-state index >= 15 is 0 Å². The molecule has 3 aliphatic rings. The molecule has 0 amide bonds. The number of benzene rings is 1. The maximum absolute atomic E-state index is 9.49. The number of hydrogen-bond acceptors (Lipinski definition) is 6. The predicted octanol–water partition coefficient (Wildman–Crippen LogP) is 3.00. The SMILES string of the molecule is CC1(C#N)C=CC=C(NCC2(N3CCN(Cc4ccccc4)CC3)CCOC(C)(C)C2)N1.